The maximum Gasteiger partial charge on any atom is 0.315 e. The molecule has 0 saturated heterocycles. The maximum atomic E-state index is 12.1. The third-order valence-electron chi connectivity index (χ3n) is 4.58. The van der Waals surface area contributed by atoms with E-state index in [9.17, 15) is 4.79 Å². The van der Waals surface area contributed by atoms with Crippen LogP contribution >= 0.6 is 0 Å². The van der Waals surface area contributed by atoms with Crippen molar-refractivity contribution in [2.24, 2.45) is 0 Å². The fourth-order valence-electron chi connectivity index (χ4n) is 3.14. The topological polar surface area (TPSA) is 55.3 Å². The van der Waals surface area contributed by atoms with Gasteiger partial charge in [-0.15, -0.1) is 0 Å². The van der Waals surface area contributed by atoms with Crippen molar-refractivity contribution in [1.82, 2.24) is 15.2 Å². The smallest absolute Gasteiger partial charge is 0.315 e. The monoisotopic (exact) mass is 365 g/mol. The predicted octanol–water partition coefficient (Wildman–Crippen LogP) is 4.49. The Morgan fingerprint density at radius 3 is 2.67 bits per heavy atom. The van der Waals surface area contributed by atoms with E-state index in [1.165, 1.54) is 10.9 Å². The third-order valence-corrected chi connectivity index (χ3v) is 4.58. The number of hydrogen-bond donors (Lipinski definition) is 2. The van der Waals surface area contributed by atoms with Gasteiger partial charge in [-0.25, -0.2) is 4.79 Å². The van der Waals surface area contributed by atoms with Crippen LogP contribution in [-0.2, 0) is 6.54 Å². The molecule has 0 aliphatic carbocycles. The van der Waals surface area contributed by atoms with Gasteiger partial charge in [-0.05, 0) is 55.5 Å². The third kappa shape index (κ3) is 5.03. The van der Waals surface area contributed by atoms with Gasteiger partial charge >= 0.3 is 6.03 Å². The maximum absolute atomic E-state index is 12.1. The summed E-state index contributed by atoms with van der Waals surface area (Å²) in [6, 6.07) is 18.0. The Morgan fingerprint density at radius 2 is 1.89 bits per heavy atom. The van der Waals surface area contributed by atoms with Crippen molar-refractivity contribution in [2.75, 3.05) is 13.2 Å². The van der Waals surface area contributed by atoms with E-state index in [0.29, 0.717) is 13.2 Å². The van der Waals surface area contributed by atoms with E-state index in [-0.39, 0.29) is 12.1 Å². The van der Waals surface area contributed by atoms with Gasteiger partial charge in [0, 0.05) is 24.8 Å². The van der Waals surface area contributed by atoms with E-state index in [0.717, 1.165) is 24.3 Å². The van der Waals surface area contributed by atoms with Crippen LogP contribution in [0.15, 0.2) is 60.8 Å². The molecular formula is C22H27N3O2. The Hall–Kier alpha value is -2.95. The van der Waals surface area contributed by atoms with Gasteiger partial charge in [-0.2, -0.15) is 0 Å². The number of carbonyl (C=O) groups excluding carboxylic acids is 1. The molecule has 3 aromatic rings. The van der Waals surface area contributed by atoms with Crippen molar-refractivity contribution in [3.8, 4) is 5.75 Å². The minimum absolute atomic E-state index is 0.0610. The molecule has 5 nitrogen and oxygen atoms in total. The number of aromatic nitrogens is 1. The fraction of sp³-hybridized carbons (Fsp3) is 0.318. The molecule has 3 rings (SSSR count). The van der Waals surface area contributed by atoms with Gasteiger partial charge in [-0.1, -0.05) is 30.3 Å². The Kier molecular flexibility index (Phi) is 6.36. The number of carbonyl (C=O) groups is 1. The Balaban J connectivity index is 1.41. The van der Waals surface area contributed by atoms with Gasteiger partial charge < -0.3 is 19.9 Å². The van der Waals surface area contributed by atoms with Crippen LogP contribution in [0.4, 0.5) is 4.79 Å². The summed E-state index contributed by atoms with van der Waals surface area (Å²) in [5.41, 5.74) is 2.28. The summed E-state index contributed by atoms with van der Waals surface area (Å²) >= 11 is 0. The average Bonchev–Trinajstić information content (AvgIpc) is 3.09. The lowest BCUT2D eigenvalue weighted by Gasteiger charge is -2.16. The number of amides is 2. The van der Waals surface area contributed by atoms with Crippen molar-refractivity contribution < 1.29 is 9.53 Å². The molecule has 1 heterocycles. The minimum atomic E-state index is -0.145. The van der Waals surface area contributed by atoms with Crippen LogP contribution in [0, 0.1) is 0 Å². The van der Waals surface area contributed by atoms with Crippen molar-refractivity contribution in [2.45, 2.75) is 32.9 Å². The zero-order chi connectivity index (χ0) is 19.1. The number of benzene rings is 2. The first kappa shape index (κ1) is 18.8. The second-order valence-electron chi connectivity index (χ2n) is 6.55. The number of ether oxygens (including phenoxy) is 1. The molecule has 2 N–H and O–H groups in total. The van der Waals surface area contributed by atoms with Crippen molar-refractivity contribution in [3.63, 3.8) is 0 Å². The molecule has 1 atom stereocenters. The quantitative estimate of drug-likeness (QED) is 0.578. The molecule has 2 amide bonds. The SMILES string of the molecule is CCOc1ccc(C(C)NC(=O)NCCCn2ccc3ccccc32)cc1. The number of nitrogens with zero attached hydrogens (tertiary/aromatic N) is 1. The van der Waals surface area contributed by atoms with Crippen LogP contribution in [0.25, 0.3) is 10.9 Å². The van der Waals surface area contributed by atoms with Gasteiger partial charge in [0.05, 0.1) is 12.6 Å². The van der Waals surface area contributed by atoms with E-state index in [4.69, 9.17) is 4.74 Å². The predicted molar refractivity (Wildman–Crippen MR) is 109 cm³/mol. The first-order chi connectivity index (χ1) is 13.2. The van der Waals surface area contributed by atoms with E-state index in [1.54, 1.807) is 0 Å². The molecule has 0 aliphatic rings. The van der Waals surface area contributed by atoms with Crippen molar-refractivity contribution in [1.29, 1.82) is 0 Å². The molecule has 0 spiro atoms. The lowest BCUT2D eigenvalue weighted by Crippen LogP contribution is -2.37. The highest BCUT2D eigenvalue weighted by Gasteiger charge is 2.09. The van der Waals surface area contributed by atoms with E-state index in [2.05, 4.69) is 39.6 Å². The summed E-state index contributed by atoms with van der Waals surface area (Å²) in [7, 11) is 0. The van der Waals surface area contributed by atoms with E-state index < -0.39 is 0 Å². The Morgan fingerprint density at radius 1 is 1.11 bits per heavy atom. The van der Waals surface area contributed by atoms with Crippen molar-refractivity contribution >= 4 is 16.9 Å². The summed E-state index contributed by atoms with van der Waals surface area (Å²) in [4.78, 5) is 12.1. The largest absolute Gasteiger partial charge is 0.494 e. The Labute approximate surface area is 160 Å². The normalized spacial score (nSPS) is 11.9. The molecule has 2 aromatic carbocycles. The summed E-state index contributed by atoms with van der Waals surface area (Å²) in [6.45, 7) is 6.09. The number of urea groups is 1. The van der Waals surface area contributed by atoms with Crippen LogP contribution in [0.3, 0.4) is 0 Å². The fourth-order valence-corrected chi connectivity index (χ4v) is 3.14. The summed E-state index contributed by atoms with van der Waals surface area (Å²) in [5.74, 6) is 0.843. The minimum Gasteiger partial charge on any atom is -0.494 e. The van der Waals surface area contributed by atoms with Gasteiger partial charge in [-0.3, -0.25) is 0 Å². The molecule has 0 bridgehead atoms. The summed E-state index contributed by atoms with van der Waals surface area (Å²) < 4.78 is 7.66. The molecule has 1 aromatic heterocycles. The number of fused-ring (bicyclic) bond motifs is 1. The number of hydrogen-bond acceptors (Lipinski definition) is 2. The highest BCUT2D eigenvalue weighted by molar-refractivity contribution is 5.79. The van der Waals surface area contributed by atoms with E-state index in [1.807, 2.05) is 50.2 Å². The summed E-state index contributed by atoms with van der Waals surface area (Å²) in [6.07, 6.45) is 2.97. The van der Waals surface area contributed by atoms with Gasteiger partial charge in [0.2, 0.25) is 0 Å². The van der Waals surface area contributed by atoms with E-state index >= 15 is 0 Å². The molecule has 0 aliphatic heterocycles. The number of para-hydroxylation sites is 1. The molecule has 5 heteroatoms. The molecule has 0 radical (unpaired) electrons. The number of aryl methyl sites for hydroxylation is 1. The molecule has 1 unspecified atom stereocenters. The van der Waals surface area contributed by atoms with Gasteiger partial charge in [0.25, 0.3) is 0 Å². The van der Waals surface area contributed by atoms with Crippen LogP contribution < -0.4 is 15.4 Å². The number of nitrogens with one attached hydrogen (secondary N) is 2. The van der Waals surface area contributed by atoms with Gasteiger partial charge in [0.15, 0.2) is 0 Å². The van der Waals surface area contributed by atoms with Gasteiger partial charge in [0.1, 0.15) is 5.75 Å². The van der Waals surface area contributed by atoms with Crippen LogP contribution in [0.2, 0.25) is 0 Å². The standard InChI is InChI=1S/C22H27N3O2/c1-3-27-20-11-9-18(10-12-20)17(2)24-22(26)23-14-6-15-25-16-13-19-7-4-5-8-21(19)25/h4-5,7-13,16-17H,3,6,14-15H2,1-2H3,(H2,23,24,26). The second-order valence-corrected chi connectivity index (χ2v) is 6.55. The highest BCUT2D eigenvalue weighted by atomic mass is 16.5. The number of rotatable bonds is 8. The molecule has 0 saturated carbocycles. The van der Waals surface area contributed by atoms with Crippen LogP contribution in [0.5, 0.6) is 5.75 Å². The highest BCUT2D eigenvalue weighted by Crippen LogP contribution is 2.17. The van der Waals surface area contributed by atoms with Crippen molar-refractivity contribution in [3.05, 3.63) is 66.4 Å². The first-order valence-corrected chi connectivity index (χ1v) is 9.48. The van der Waals surface area contributed by atoms with Crippen LogP contribution in [-0.4, -0.2) is 23.7 Å². The molecule has 27 heavy (non-hydrogen) atoms. The molecular weight excluding hydrogens is 338 g/mol. The summed E-state index contributed by atoms with van der Waals surface area (Å²) in [5, 5.41) is 7.15. The molecule has 142 valence electrons. The second kappa shape index (κ2) is 9.12. The Bertz CT molecular complexity index is 871. The molecule has 0 fully saturated rings. The zero-order valence-electron chi connectivity index (χ0n) is 15.9. The lowest BCUT2D eigenvalue weighted by molar-refractivity contribution is 0.237. The first-order valence-electron chi connectivity index (χ1n) is 9.48. The average molecular weight is 365 g/mol. The zero-order valence-corrected chi connectivity index (χ0v) is 15.9. The van der Waals surface area contributed by atoms with Crippen LogP contribution in [0.1, 0.15) is 31.9 Å². The lowest BCUT2D eigenvalue weighted by atomic mass is 10.1.